The summed E-state index contributed by atoms with van der Waals surface area (Å²) in [5.74, 6) is 0.412. The van der Waals surface area contributed by atoms with Gasteiger partial charge in [-0.05, 0) is 41.5 Å². The van der Waals surface area contributed by atoms with E-state index >= 15 is 0 Å². The molecule has 0 bridgehead atoms. The Morgan fingerprint density at radius 2 is 1.73 bits per heavy atom. The van der Waals surface area contributed by atoms with Crippen LogP contribution in [0.2, 0.25) is 0 Å². The number of ether oxygens (including phenoxy) is 2. The molecule has 2 heterocycles. The zero-order chi connectivity index (χ0) is 26.2. The van der Waals surface area contributed by atoms with Crippen LogP contribution < -0.4 is 21.7 Å². The third-order valence-corrected chi connectivity index (χ3v) is 5.40. The predicted octanol–water partition coefficient (Wildman–Crippen LogP) is 2.84. The van der Waals surface area contributed by atoms with Gasteiger partial charge in [-0.3, -0.25) is 14.3 Å². The van der Waals surface area contributed by atoms with Crippen molar-refractivity contribution < 1.29 is 18.7 Å². The van der Waals surface area contributed by atoms with Crippen LogP contribution in [0.4, 0.5) is 10.1 Å². The lowest BCUT2D eigenvalue weighted by molar-refractivity contribution is -0.140. The Hall–Kier alpha value is -4.80. The highest BCUT2D eigenvalue weighted by Crippen LogP contribution is 2.22. The van der Waals surface area contributed by atoms with Crippen LogP contribution >= 0.6 is 0 Å². The minimum absolute atomic E-state index is 0.0114. The van der Waals surface area contributed by atoms with E-state index in [0.717, 1.165) is 4.57 Å². The van der Waals surface area contributed by atoms with Crippen molar-refractivity contribution in [1.29, 1.82) is 0 Å². The number of H-pyrrole nitrogens is 1. The van der Waals surface area contributed by atoms with Gasteiger partial charge in [-0.25, -0.2) is 28.5 Å². The van der Waals surface area contributed by atoms with Gasteiger partial charge >= 0.3 is 17.3 Å². The van der Waals surface area contributed by atoms with Gasteiger partial charge in [0.1, 0.15) is 12.4 Å². The molecule has 0 radical (unpaired) electrons. The molecule has 190 valence electrons. The van der Waals surface area contributed by atoms with Gasteiger partial charge in [0.15, 0.2) is 0 Å². The maximum Gasteiger partial charge on any atom is 0.335 e. The Kier molecular flexibility index (Phi) is 8.04. The summed E-state index contributed by atoms with van der Waals surface area (Å²) in [7, 11) is 1.23. The van der Waals surface area contributed by atoms with Crippen LogP contribution in [0.5, 0.6) is 11.6 Å². The minimum atomic E-state index is -0.716. The van der Waals surface area contributed by atoms with Gasteiger partial charge in [0.05, 0.1) is 25.8 Å². The normalized spacial score (nSPS) is 11.4. The molecule has 0 saturated carbocycles. The number of aromatic amines is 1. The van der Waals surface area contributed by atoms with Crippen molar-refractivity contribution in [1.82, 2.24) is 19.1 Å². The summed E-state index contributed by atoms with van der Waals surface area (Å²) in [6, 6.07) is 18.6. The Bertz CT molecular complexity index is 1540. The average molecular weight is 506 g/mol. The highest BCUT2D eigenvalue weighted by atomic mass is 19.1. The number of methoxy groups -OCH3 is 1. The molecule has 4 rings (SSSR count). The monoisotopic (exact) mass is 505 g/mol. The largest absolute Gasteiger partial charge is 0.469 e. The molecule has 0 fully saturated rings. The second-order valence-electron chi connectivity index (χ2n) is 7.93. The highest BCUT2D eigenvalue weighted by Gasteiger charge is 2.12. The summed E-state index contributed by atoms with van der Waals surface area (Å²) in [4.78, 5) is 48.8. The van der Waals surface area contributed by atoms with Crippen LogP contribution in [0.1, 0.15) is 17.5 Å². The molecule has 0 amide bonds. The second kappa shape index (κ2) is 11.8. The highest BCUT2D eigenvalue weighted by molar-refractivity contribution is 5.68. The van der Waals surface area contributed by atoms with Crippen LogP contribution in [0.25, 0.3) is 0 Å². The topological polar surface area (TPSA) is 121 Å². The molecule has 0 saturated heterocycles. The lowest BCUT2D eigenvalue weighted by Gasteiger charge is -2.11. The number of carbonyl (C=O) groups excluding carboxylic acids is 1. The van der Waals surface area contributed by atoms with Crippen LogP contribution in [-0.2, 0) is 29.3 Å². The summed E-state index contributed by atoms with van der Waals surface area (Å²) in [5.41, 5.74) is 0.294. The van der Waals surface area contributed by atoms with E-state index in [-0.39, 0.29) is 25.1 Å². The van der Waals surface area contributed by atoms with Gasteiger partial charge in [0.2, 0.25) is 11.5 Å². The molecule has 4 aromatic rings. The lowest BCUT2D eigenvalue weighted by atomic mass is 10.1. The summed E-state index contributed by atoms with van der Waals surface area (Å²) in [6.07, 6.45) is 1.46. The molecular weight excluding hydrogens is 481 g/mol. The number of esters is 1. The number of nitrogens with zero attached hydrogens (tertiary/aromatic N) is 4. The van der Waals surface area contributed by atoms with Gasteiger partial charge < -0.3 is 9.47 Å². The summed E-state index contributed by atoms with van der Waals surface area (Å²) in [5, 5.41) is 0. The fourth-order valence-electron chi connectivity index (χ4n) is 3.44. The van der Waals surface area contributed by atoms with E-state index in [4.69, 9.17) is 4.74 Å². The van der Waals surface area contributed by atoms with E-state index < -0.39 is 24.0 Å². The fourth-order valence-corrected chi connectivity index (χ4v) is 3.44. The summed E-state index contributed by atoms with van der Waals surface area (Å²) in [6.45, 7) is -0.714. The molecule has 0 aliphatic carbocycles. The first-order valence-corrected chi connectivity index (χ1v) is 11.3. The van der Waals surface area contributed by atoms with Crippen LogP contribution in [0.15, 0.2) is 87.5 Å². The molecule has 10 nitrogen and oxygen atoms in total. The van der Waals surface area contributed by atoms with Gasteiger partial charge in [0, 0.05) is 18.8 Å². The van der Waals surface area contributed by atoms with Crippen molar-refractivity contribution >= 4 is 11.7 Å². The molecule has 2 aromatic heterocycles. The number of rotatable bonds is 9. The first-order chi connectivity index (χ1) is 18.0. The standard InChI is InChI=1S/C26H24FN5O5/c1-36-23(33)13-15-31-25(34)30-24(32(26(31)35)17-19-7-5-18(16-27)6-8-19)29-20-9-11-21(12-10-20)37-22-4-2-3-14-28-22/h2-12,14H,13,15-17H2,1H3,(H,29,30,34). The molecule has 0 spiro atoms. The van der Waals surface area contributed by atoms with E-state index in [1.54, 1.807) is 72.9 Å². The molecule has 0 atom stereocenters. The van der Waals surface area contributed by atoms with E-state index in [1.807, 2.05) is 0 Å². The maximum atomic E-state index is 13.3. The van der Waals surface area contributed by atoms with Gasteiger partial charge in [0.25, 0.3) is 0 Å². The number of halogens is 1. The van der Waals surface area contributed by atoms with Gasteiger partial charge in [-0.2, -0.15) is 0 Å². The summed E-state index contributed by atoms with van der Waals surface area (Å²) >= 11 is 0. The van der Waals surface area contributed by atoms with Gasteiger partial charge in [-0.15, -0.1) is 0 Å². The molecule has 37 heavy (non-hydrogen) atoms. The molecule has 11 heteroatoms. The van der Waals surface area contributed by atoms with Crippen LogP contribution in [-0.4, -0.2) is 32.2 Å². The number of hydrogen-bond acceptors (Lipinski definition) is 7. The van der Waals surface area contributed by atoms with Crippen molar-refractivity contribution in [3.05, 3.63) is 111 Å². The molecular formula is C26H24FN5O5. The van der Waals surface area contributed by atoms with E-state index in [0.29, 0.717) is 28.4 Å². The first kappa shape index (κ1) is 25.3. The zero-order valence-electron chi connectivity index (χ0n) is 20.0. The zero-order valence-corrected chi connectivity index (χ0v) is 20.0. The quantitative estimate of drug-likeness (QED) is 0.349. The first-order valence-electron chi connectivity index (χ1n) is 11.3. The van der Waals surface area contributed by atoms with Crippen molar-refractivity contribution in [3.8, 4) is 11.6 Å². The number of nitrogens with one attached hydrogen (secondary N) is 1. The predicted molar refractivity (Wildman–Crippen MR) is 132 cm³/mol. The third kappa shape index (κ3) is 6.45. The van der Waals surface area contributed by atoms with Crippen molar-refractivity contribution in [3.63, 3.8) is 0 Å². The van der Waals surface area contributed by atoms with E-state index in [2.05, 4.69) is 19.7 Å². The second-order valence-corrected chi connectivity index (χ2v) is 7.93. The molecule has 0 aliphatic rings. The SMILES string of the molecule is COC(=O)CCn1c(=O)[nH]/c(=N\c2ccc(Oc3ccccn3)cc2)n(Cc2ccc(CF)cc2)c1=O. The lowest BCUT2D eigenvalue weighted by Crippen LogP contribution is -2.50. The molecule has 0 unspecified atom stereocenters. The molecule has 1 N–H and O–H groups in total. The number of pyridine rings is 1. The fraction of sp³-hybridized carbons (Fsp3) is 0.192. The van der Waals surface area contributed by atoms with E-state index in [1.165, 1.54) is 11.7 Å². The Morgan fingerprint density at radius 1 is 1.00 bits per heavy atom. The number of carbonyl (C=O) groups is 1. The van der Waals surface area contributed by atoms with E-state index in [9.17, 15) is 18.8 Å². The Morgan fingerprint density at radius 3 is 2.38 bits per heavy atom. The average Bonchev–Trinajstić information content (AvgIpc) is 2.92. The van der Waals surface area contributed by atoms with Gasteiger partial charge in [-0.1, -0.05) is 30.3 Å². The maximum absolute atomic E-state index is 13.3. The third-order valence-electron chi connectivity index (χ3n) is 5.40. The number of aromatic nitrogens is 4. The number of hydrogen-bond donors (Lipinski definition) is 1. The molecule has 2 aromatic carbocycles. The van der Waals surface area contributed by atoms with Crippen molar-refractivity contribution in [2.24, 2.45) is 4.99 Å². The Labute approximate surface area is 210 Å². The minimum Gasteiger partial charge on any atom is -0.469 e. The van der Waals surface area contributed by atoms with Crippen LogP contribution in [0, 0.1) is 0 Å². The van der Waals surface area contributed by atoms with Crippen molar-refractivity contribution in [2.75, 3.05) is 7.11 Å². The van der Waals surface area contributed by atoms with Crippen LogP contribution in [0.3, 0.4) is 0 Å². The Balaban J connectivity index is 1.72. The smallest absolute Gasteiger partial charge is 0.335 e. The number of alkyl halides is 1. The number of benzene rings is 2. The summed E-state index contributed by atoms with van der Waals surface area (Å²) < 4.78 is 25.4. The molecule has 0 aliphatic heterocycles. The van der Waals surface area contributed by atoms with Crippen molar-refractivity contribution in [2.45, 2.75) is 26.2 Å².